The smallest absolute Gasteiger partial charge is 0.336 e. The topological polar surface area (TPSA) is 72.3 Å². The molecule has 8 heteroatoms. The molecule has 1 heterocycles. The van der Waals surface area contributed by atoms with Crippen LogP contribution in [0.25, 0.3) is 0 Å². The molecule has 0 fully saturated rings. The van der Waals surface area contributed by atoms with Crippen LogP contribution in [0.2, 0.25) is 5.02 Å². The van der Waals surface area contributed by atoms with E-state index in [2.05, 4.69) is 25.9 Å². The molecule has 0 aliphatic carbocycles. The number of benzene rings is 1. The molecule has 2 rings (SSSR count). The monoisotopic (exact) mass is 374 g/mol. The lowest BCUT2D eigenvalue weighted by Gasteiger charge is -2.08. The highest BCUT2D eigenvalue weighted by atomic mass is 79.9. The van der Waals surface area contributed by atoms with E-state index in [9.17, 15) is 9.90 Å². The first kappa shape index (κ1) is 15.1. The van der Waals surface area contributed by atoms with Gasteiger partial charge in [0.05, 0.1) is 23.9 Å². The number of ether oxygens (including phenoxy) is 1. The largest absolute Gasteiger partial charge is 0.478 e. The van der Waals surface area contributed by atoms with Gasteiger partial charge < -0.3 is 9.84 Å². The fourth-order valence-corrected chi connectivity index (χ4v) is 3.02. The molecular formula is C12H8BrClN2O3S. The minimum absolute atomic E-state index is 0.170. The van der Waals surface area contributed by atoms with E-state index in [0.29, 0.717) is 14.9 Å². The van der Waals surface area contributed by atoms with Gasteiger partial charge in [-0.2, -0.15) is 4.98 Å². The van der Waals surface area contributed by atoms with E-state index < -0.39 is 5.97 Å². The van der Waals surface area contributed by atoms with Crippen molar-refractivity contribution in [3.05, 3.63) is 39.5 Å². The van der Waals surface area contributed by atoms with E-state index in [1.807, 2.05) is 0 Å². The molecule has 104 valence electrons. The van der Waals surface area contributed by atoms with Crippen molar-refractivity contribution in [3.63, 3.8) is 0 Å². The van der Waals surface area contributed by atoms with Gasteiger partial charge in [0.25, 0.3) is 0 Å². The van der Waals surface area contributed by atoms with Crippen LogP contribution in [0.5, 0.6) is 6.01 Å². The van der Waals surface area contributed by atoms with Crippen LogP contribution in [0, 0.1) is 0 Å². The first-order valence-corrected chi connectivity index (χ1v) is 7.27. The molecule has 5 nitrogen and oxygen atoms in total. The van der Waals surface area contributed by atoms with Crippen LogP contribution in [0.3, 0.4) is 0 Å². The van der Waals surface area contributed by atoms with Crippen LogP contribution < -0.4 is 4.74 Å². The molecule has 0 aliphatic rings. The summed E-state index contributed by atoms with van der Waals surface area (Å²) in [6.07, 6.45) is 1.41. The number of aromatic carboxylic acids is 1. The highest BCUT2D eigenvalue weighted by molar-refractivity contribution is 9.10. The van der Waals surface area contributed by atoms with E-state index in [1.54, 1.807) is 12.1 Å². The SMILES string of the molecule is COc1ncc(Cl)c(Sc2cc(Br)ccc2C(=O)O)n1. The minimum Gasteiger partial charge on any atom is -0.478 e. The number of hydrogen-bond donors (Lipinski definition) is 1. The maximum atomic E-state index is 11.2. The first-order valence-electron chi connectivity index (χ1n) is 5.28. The van der Waals surface area contributed by atoms with Crippen LogP contribution in [0.1, 0.15) is 10.4 Å². The molecule has 1 aromatic heterocycles. The zero-order valence-corrected chi connectivity index (χ0v) is 13.3. The van der Waals surface area contributed by atoms with Gasteiger partial charge in [0, 0.05) is 9.37 Å². The lowest BCUT2D eigenvalue weighted by molar-refractivity contribution is 0.0693. The normalized spacial score (nSPS) is 10.3. The van der Waals surface area contributed by atoms with Crippen molar-refractivity contribution in [3.8, 4) is 6.01 Å². The first-order chi connectivity index (χ1) is 9.51. The summed E-state index contributed by atoms with van der Waals surface area (Å²) >= 11 is 10.5. The molecular weight excluding hydrogens is 368 g/mol. The van der Waals surface area contributed by atoms with Crippen molar-refractivity contribution >= 4 is 45.3 Å². The van der Waals surface area contributed by atoms with Gasteiger partial charge in [-0.3, -0.25) is 0 Å². The van der Waals surface area contributed by atoms with Gasteiger partial charge >= 0.3 is 12.0 Å². The van der Waals surface area contributed by atoms with Crippen LogP contribution >= 0.6 is 39.3 Å². The number of halogens is 2. The van der Waals surface area contributed by atoms with Crippen LogP contribution in [0.15, 0.2) is 38.8 Å². The second kappa shape index (κ2) is 6.43. The molecule has 0 radical (unpaired) electrons. The van der Waals surface area contributed by atoms with Gasteiger partial charge in [0.2, 0.25) is 0 Å². The Morgan fingerprint density at radius 1 is 1.50 bits per heavy atom. The van der Waals surface area contributed by atoms with E-state index in [-0.39, 0.29) is 11.6 Å². The number of carboxylic acid groups (broad SMARTS) is 1. The fourth-order valence-electron chi connectivity index (χ4n) is 1.37. The Morgan fingerprint density at radius 3 is 2.90 bits per heavy atom. The van der Waals surface area contributed by atoms with Gasteiger partial charge in [0.1, 0.15) is 5.03 Å². The summed E-state index contributed by atoms with van der Waals surface area (Å²) in [6.45, 7) is 0. The minimum atomic E-state index is -1.02. The van der Waals surface area contributed by atoms with E-state index in [1.165, 1.54) is 19.4 Å². The number of aromatic nitrogens is 2. The standard InChI is InChI=1S/C12H8BrClN2O3S/c1-19-12-15-5-8(14)10(16-12)20-9-4-6(13)2-3-7(9)11(17)18/h2-5H,1H3,(H,17,18). The van der Waals surface area contributed by atoms with Gasteiger partial charge in [-0.25, -0.2) is 9.78 Å². The summed E-state index contributed by atoms with van der Waals surface area (Å²) in [5.74, 6) is -1.02. The molecule has 0 unspecified atom stereocenters. The third kappa shape index (κ3) is 3.41. The Balaban J connectivity index is 2.43. The Morgan fingerprint density at radius 2 is 2.25 bits per heavy atom. The van der Waals surface area contributed by atoms with Crippen molar-refractivity contribution < 1.29 is 14.6 Å². The summed E-state index contributed by atoms with van der Waals surface area (Å²) in [5.41, 5.74) is 0.173. The molecule has 0 aliphatic heterocycles. The Kier molecular flexibility index (Phi) is 4.85. The van der Waals surface area contributed by atoms with Gasteiger partial charge in [0.15, 0.2) is 0 Å². The summed E-state index contributed by atoms with van der Waals surface area (Å²) < 4.78 is 5.70. The van der Waals surface area contributed by atoms with Crippen molar-refractivity contribution in [2.75, 3.05) is 7.11 Å². The van der Waals surface area contributed by atoms with Gasteiger partial charge in [-0.15, -0.1) is 0 Å². The number of carbonyl (C=O) groups is 1. The molecule has 1 aromatic carbocycles. The molecule has 0 saturated heterocycles. The van der Waals surface area contributed by atoms with Crippen molar-refractivity contribution in [2.45, 2.75) is 9.92 Å². The summed E-state index contributed by atoms with van der Waals surface area (Å²) in [5, 5.41) is 9.94. The number of carboxylic acids is 1. The molecule has 0 bridgehead atoms. The predicted molar refractivity (Wildman–Crippen MR) is 78.8 cm³/mol. The third-order valence-corrected chi connectivity index (χ3v) is 4.20. The Labute approximate surface area is 132 Å². The van der Waals surface area contributed by atoms with Crippen molar-refractivity contribution in [1.82, 2.24) is 9.97 Å². The average Bonchev–Trinajstić information content (AvgIpc) is 2.41. The lowest BCUT2D eigenvalue weighted by atomic mass is 10.2. The number of methoxy groups -OCH3 is 1. The summed E-state index contributed by atoms with van der Waals surface area (Å²) in [4.78, 5) is 19.7. The number of nitrogens with zero attached hydrogens (tertiary/aromatic N) is 2. The quantitative estimate of drug-likeness (QED) is 0.821. The Hall–Kier alpha value is -1.31. The summed E-state index contributed by atoms with van der Waals surface area (Å²) in [6, 6.07) is 5.04. The highest BCUT2D eigenvalue weighted by Crippen LogP contribution is 2.35. The lowest BCUT2D eigenvalue weighted by Crippen LogP contribution is -1.99. The Bertz CT molecular complexity index is 669. The van der Waals surface area contributed by atoms with E-state index >= 15 is 0 Å². The third-order valence-electron chi connectivity index (χ3n) is 2.25. The van der Waals surface area contributed by atoms with E-state index in [4.69, 9.17) is 16.3 Å². The van der Waals surface area contributed by atoms with E-state index in [0.717, 1.165) is 16.2 Å². The molecule has 0 atom stereocenters. The average molecular weight is 376 g/mol. The maximum Gasteiger partial charge on any atom is 0.336 e. The second-order valence-corrected chi connectivity index (χ2v) is 5.91. The predicted octanol–water partition coefficient (Wildman–Crippen LogP) is 3.75. The van der Waals surface area contributed by atoms with Crippen LogP contribution in [-0.4, -0.2) is 28.2 Å². The maximum absolute atomic E-state index is 11.2. The zero-order valence-electron chi connectivity index (χ0n) is 10.1. The number of hydrogen-bond acceptors (Lipinski definition) is 5. The molecule has 2 aromatic rings. The molecule has 0 amide bonds. The van der Waals surface area contributed by atoms with Crippen LogP contribution in [-0.2, 0) is 0 Å². The van der Waals surface area contributed by atoms with Gasteiger partial charge in [-0.05, 0) is 18.2 Å². The van der Waals surface area contributed by atoms with Crippen LogP contribution in [0.4, 0.5) is 0 Å². The second-order valence-electron chi connectivity index (χ2n) is 3.56. The van der Waals surface area contributed by atoms with Crippen molar-refractivity contribution in [2.24, 2.45) is 0 Å². The van der Waals surface area contributed by atoms with Gasteiger partial charge in [-0.1, -0.05) is 39.3 Å². The molecule has 1 N–H and O–H groups in total. The molecule has 0 spiro atoms. The zero-order chi connectivity index (χ0) is 14.7. The summed E-state index contributed by atoms with van der Waals surface area (Å²) in [7, 11) is 1.44. The number of rotatable bonds is 4. The molecule has 0 saturated carbocycles. The fraction of sp³-hybridized carbons (Fsp3) is 0.0833. The van der Waals surface area contributed by atoms with Crippen molar-refractivity contribution in [1.29, 1.82) is 0 Å². The molecule has 20 heavy (non-hydrogen) atoms. The highest BCUT2D eigenvalue weighted by Gasteiger charge is 2.15.